The average Bonchev–Trinajstić information content (AvgIpc) is 3.31. The van der Waals surface area contributed by atoms with Crippen LogP contribution in [0.3, 0.4) is 0 Å². The van der Waals surface area contributed by atoms with Crippen LogP contribution in [-0.2, 0) is 4.74 Å². The number of ether oxygens (including phenoxy) is 1. The topological polar surface area (TPSA) is 26.3 Å². The molecule has 7 unspecified atom stereocenters. The van der Waals surface area contributed by atoms with Gasteiger partial charge in [0.1, 0.15) is 0 Å². The van der Waals surface area contributed by atoms with Crippen molar-refractivity contribution >= 4 is 5.97 Å². The van der Waals surface area contributed by atoms with Crippen molar-refractivity contribution in [3.63, 3.8) is 0 Å². The van der Waals surface area contributed by atoms with Crippen LogP contribution in [0, 0.1) is 41.4 Å². The van der Waals surface area contributed by atoms with E-state index in [9.17, 15) is 4.79 Å². The molecule has 4 aliphatic rings. The second-order valence-corrected chi connectivity index (χ2v) is 7.72. The predicted octanol–water partition coefficient (Wildman–Crippen LogP) is 3.94. The third-order valence-corrected chi connectivity index (χ3v) is 6.85. The Balaban J connectivity index is 1.25. The molecule has 0 radical (unpaired) electrons. The maximum absolute atomic E-state index is 12.1. The van der Waals surface area contributed by atoms with Crippen LogP contribution in [0.4, 0.5) is 0 Å². The Morgan fingerprint density at radius 3 is 2.59 bits per heavy atom. The van der Waals surface area contributed by atoms with Crippen LogP contribution in [0.25, 0.3) is 0 Å². The zero-order valence-corrected chi connectivity index (χ0v) is 12.7. The third-order valence-electron chi connectivity index (χ3n) is 6.85. The van der Waals surface area contributed by atoms with Gasteiger partial charge >= 0.3 is 5.97 Å². The smallest absolute Gasteiger partial charge is 0.338 e. The van der Waals surface area contributed by atoms with E-state index in [1.807, 2.05) is 30.3 Å². The summed E-state index contributed by atoms with van der Waals surface area (Å²) in [6.07, 6.45) is 9.03. The number of hydrogen-bond donors (Lipinski definition) is 0. The molecule has 3 saturated carbocycles. The second kappa shape index (κ2) is 4.71. The van der Waals surface area contributed by atoms with Gasteiger partial charge in [-0.1, -0.05) is 30.4 Å². The van der Waals surface area contributed by atoms with Crippen LogP contribution in [0.15, 0.2) is 42.5 Å². The lowest BCUT2D eigenvalue weighted by molar-refractivity contribution is 0.0307. The second-order valence-electron chi connectivity index (χ2n) is 7.72. The van der Waals surface area contributed by atoms with Gasteiger partial charge in [-0.2, -0.15) is 0 Å². The van der Waals surface area contributed by atoms with Crippen molar-refractivity contribution in [1.29, 1.82) is 0 Å². The first-order chi connectivity index (χ1) is 10.8. The fraction of sp³-hybridized carbons (Fsp3) is 0.550. The molecule has 1 aromatic carbocycles. The molecule has 0 N–H and O–H groups in total. The Morgan fingerprint density at radius 1 is 1.00 bits per heavy atom. The number of allylic oxidation sites excluding steroid dienone is 2. The number of hydrogen-bond acceptors (Lipinski definition) is 2. The Bertz CT molecular complexity index is 620. The van der Waals surface area contributed by atoms with Gasteiger partial charge in [-0.05, 0) is 72.8 Å². The van der Waals surface area contributed by atoms with Crippen LogP contribution in [0.2, 0.25) is 0 Å². The minimum Gasteiger partial charge on any atom is -0.462 e. The molecule has 5 rings (SSSR count). The van der Waals surface area contributed by atoms with E-state index in [0.29, 0.717) is 18.1 Å². The highest BCUT2D eigenvalue weighted by molar-refractivity contribution is 5.89. The average molecular weight is 294 g/mol. The molecule has 0 heterocycles. The lowest BCUT2D eigenvalue weighted by Crippen LogP contribution is -2.33. The number of carbonyl (C=O) groups is 1. The van der Waals surface area contributed by atoms with Gasteiger partial charge in [0.2, 0.25) is 0 Å². The van der Waals surface area contributed by atoms with Crippen LogP contribution in [0.5, 0.6) is 0 Å². The number of benzene rings is 1. The third kappa shape index (κ3) is 1.76. The lowest BCUT2D eigenvalue weighted by atomic mass is 9.69. The van der Waals surface area contributed by atoms with Crippen molar-refractivity contribution in [2.45, 2.75) is 19.3 Å². The molecule has 0 saturated heterocycles. The van der Waals surface area contributed by atoms with E-state index in [0.717, 1.165) is 35.5 Å². The fourth-order valence-corrected chi connectivity index (χ4v) is 6.18. The van der Waals surface area contributed by atoms with E-state index in [-0.39, 0.29) is 5.97 Å². The number of carbonyl (C=O) groups excluding carboxylic acids is 1. The van der Waals surface area contributed by atoms with E-state index in [4.69, 9.17) is 4.74 Å². The lowest BCUT2D eigenvalue weighted by Gasteiger charge is -2.36. The maximum Gasteiger partial charge on any atom is 0.338 e. The Labute approximate surface area is 131 Å². The van der Waals surface area contributed by atoms with E-state index in [1.54, 1.807) is 0 Å². The van der Waals surface area contributed by atoms with Gasteiger partial charge in [0.25, 0.3) is 0 Å². The predicted molar refractivity (Wildman–Crippen MR) is 84.1 cm³/mol. The van der Waals surface area contributed by atoms with Crippen molar-refractivity contribution in [2.75, 3.05) is 6.61 Å². The zero-order chi connectivity index (χ0) is 14.7. The van der Waals surface area contributed by atoms with Crippen LogP contribution in [0.1, 0.15) is 29.6 Å². The van der Waals surface area contributed by atoms with Crippen molar-refractivity contribution < 1.29 is 9.53 Å². The summed E-state index contributed by atoms with van der Waals surface area (Å²) in [5.74, 6) is 5.71. The molecule has 4 aliphatic carbocycles. The van der Waals surface area contributed by atoms with Gasteiger partial charge in [0.05, 0.1) is 12.2 Å². The number of fused-ring (bicyclic) bond motifs is 9. The van der Waals surface area contributed by atoms with Gasteiger partial charge in [-0.15, -0.1) is 0 Å². The van der Waals surface area contributed by atoms with Crippen LogP contribution >= 0.6 is 0 Å². The van der Waals surface area contributed by atoms with E-state index in [1.165, 1.54) is 19.3 Å². The molecular weight excluding hydrogens is 272 g/mol. The van der Waals surface area contributed by atoms with E-state index >= 15 is 0 Å². The van der Waals surface area contributed by atoms with Crippen molar-refractivity contribution in [3.8, 4) is 0 Å². The summed E-state index contributed by atoms with van der Waals surface area (Å²) in [6, 6.07) is 9.37. The normalized spacial score (nSPS) is 43.5. The summed E-state index contributed by atoms with van der Waals surface area (Å²) in [7, 11) is 0. The monoisotopic (exact) mass is 294 g/mol. The largest absolute Gasteiger partial charge is 0.462 e. The summed E-state index contributed by atoms with van der Waals surface area (Å²) in [4.78, 5) is 12.1. The summed E-state index contributed by atoms with van der Waals surface area (Å²) in [6.45, 7) is 0.624. The summed E-state index contributed by atoms with van der Waals surface area (Å²) < 4.78 is 5.64. The standard InChI is InChI=1S/C20H22O2/c21-20(12-4-2-1-3-5-12)22-11-16-9-15-10-17(16)19-14-7-6-13(8-14)18(15)19/h1-7,13-19H,8-11H2. The molecule has 114 valence electrons. The van der Waals surface area contributed by atoms with Gasteiger partial charge in [-0.3, -0.25) is 0 Å². The zero-order valence-electron chi connectivity index (χ0n) is 12.7. The molecule has 7 atom stereocenters. The van der Waals surface area contributed by atoms with Crippen LogP contribution < -0.4 is 0 Å². The fourth-order valence-electron chi connectivity index (χ4n) is 6.18. The maximum atomic E-state index is 12.1. The molecule has 2 nitrogen and oxygen atoms in total. The molecular formula is C20H22O2. The Kier molecular flexibility index (Phi) is 2.77. The molecule has 3 fully saturated rings. The van der Waals surface area contributed by atoms with E-state index in [2.05, 4.69) is 12.2 Å². The molecule has 0 aliphatic heterocycles. The summed E-state index contributed by atoms with van der Waals surface area (Å²) >= 11 is 0. The van der Waals surface area contributed by atoms with Gasteiger partial charge < -0.3 is 4.74 Å². The highest BCUT2D eigenvalue weighted by Gasteiger charge is 2.60. The molecule has 0 spiro atoms. The highest BCUT2D eigenvalue weighted by atomic mass is 16.5. The summed E-state index contributed by atoms with van der Waals surface area (Å²) in [5.41, 5.74) is 0.673. The van der Waals surface area contributed by atoms with Crippen molar-refractivity contribution in [3.05, 3.63) is 48.0 Å². The van der Waals surface area contributed by atoms with Gasteiger partial charge in [0, 0.05) is 0 Å². The quantitative estimate of drug-likeness (QED) is 0.479. The number of rotatable bonds is 3. The molecule has 4 bridgehead atoms. The number of esters is 1. The molecule has 1 aromatic rings. The van der Waals surface area contributed by atoms with Gasteiger partial charge in [-0.25, -0.2) is 4.79 Å². The molecule has 0 amide bonds. The molecule has 22 heavy (non-hydrogen) atoms. The highest BCUT2D eigenvalue weighted by Crippen LogP contribution is 2.66. The molecule has 2 heteroatoms. The summed E-state index contributed by atoms with van der Waals surface area (Å²) in [5, 5.41) is 0. The first-order valence-corrected chi connectivity index (χ1v) is 8.72. The van der Waals surface area contributed by atoms with Crippen molar-refractivity contribution in [2.24, 2.45) is 41.4 Å². The van der Waals surface area contributed by atoms with Gasteiger partial charge in [0.15, 0.2) is 0 Å². The molecule has 0 aromatic heterocycles. The Morgan fingerprint density at radius 2 is 1.77 bits per heavy atom. The first kappa shape index (κ1) is 12.9. The minimum absolute atomic E-state index is 0.159. The SMILES string of the molecule is O=C(OCC1CC2CC1C1C3C=CC(C3)C21)c1ccccc1. The minimum atomic E-state index is -0.159. The van der Waals surface area contributed by atoms with E-state index < -0.39 is 0 Å². The van der Waals surface area contributed by atoms with Crippen LogP contribution in [-0.4, -0.2) is 12.6 Å². The van der Waals surface area contributed by atoms with Crippen molar-refractivity contribution in [1.82, 2.24) is 0 Å². The first-order valence-electron chi connectivity index (χ1n) is 8.72. The Hall–Kier alpha value is -1.57.